The van der Waals surface area contributed by atoms with Gasteiger partial charge in [-0.2, -0.15) is 0 Å². The van der Waals surface area contributed by atoms with Crippen LogP contribution in [0.3, 0.4) is 0 Å². The van der Waals surface area contributed by atoms with Crippen molar-refractivity contribution in [2.24, 2.45) is 0 Å². The second-order valence-corrected chi connectivity index (χ2v) is 5.40. The summed E-state index contributed by atoms with van der Waals surface area (Å²) in [5.74, 6) is 0.660. The van der Waals surface area contributed by atoms with E-state index in [4.69, 9.17) is 0 Å². The molecule has 3 rings (SSSR count). The van der Waals surface area contributed by atoms with E-state index in [9.17, 15) is 4.39 Å². The minimum absolute atomic E-state index is 0.393. The number of fused-ring (bicyclic) bond motifs is 1. The summed E-state index contributed by atoms with van der Waals surface area (Å²) in [7, 11) is 0. The molecule has 1 heterocycles. The van der Waals surface area contributed by atoms with Crippen LogP contribution < -0.4 is 0 Å². The molecule has 0 saturated carbocycles. The predicted octanol–water partition coefficient (Wildman–Crippen LogP) is 3.89. The van der Waals surface area contributed by atoms with Gasteiger partial charge in [-0.3, -0.25) is 0 Å². The third-order valence-electron chi connectivity index (χ3n) is 3.77. The van der Waals surface area contributed by atoms with Crippen LogP contribution in [0, 0.1) is 5.82 Å². The van der Waals surface area contributed by atoms with Crippen LogP contribution in [0.25, 0.3) is 11.4 Å². The van der Waals surface area contributed by atoms with Gasteiger partial charge in [-0.05, 0) is 41.9 Å². The fourth-order valence-electron chi connectivity index (χ4n) is 3.00. The van der Waals surface area contributed by atoms with Crippen molar-refractivity contribution < 1.29 is 4.39 Å². The molecule has 1 aromatic heterocycles. The maximum Gasteiger partial charge on any atom is 0.159 e. The highest BCUT2D eigenvalue weighted by Crippen LogP contribution is 2.36. The normalized spacial score (nSPS) is 13.9. The fraction of sp³-hybridized carbons (Fsp3) is 0.375. The molecule has 0 fully saturated rings. The zero-order chi connectivity index (χ0) is 13.4. The average Bonchev–Trinajstić information content (AvgIpc) is 2.86. The minimum Gasteiger partial charge on any atom is -0.233 e. The molecule has 1 aliphatic carbocycles. The second-order valence-electron chi connectivity index (χ2n) is 5.40. The zero-order valence-electron chi connectivity index (χ0n) is 11.3. The Morgan fingerprint density at radius 3 is 2.53 bits per heavy atom. The SMILES string of the molecule is CC(C)c1c(-c2ncc(F)cn2)ccc2c1CCC2. The van der Waals surface area contributed by atoms with E-state index >= 15 is 0 Å². The van der Waals surface area contributed by atoms with Gasteiger partial charge in [0.15, 0.2) is 11.6 Å². The first-order valence-electron chi connectivity index (χ1n) is 6.79. The zero-order valence-corrected chi connectivity index (χ0v) is 11.3. The molecular formula is C16H17FN2. The van der Waals surface area contributed by atoms with E-state index in [0.29, 0.717) is 11.7 Å². The van der Waals surface area contributed by atoms with Crippen molar-refractivity contribution in [3.8, 4) is 11.4 Å². The summed E-state index contributed by atoms with van der Waals surface area (Å²) in [5.41, 5.74) is 5.30. The van der Waals surface area contributed by atoms with Crippen LogP contribution in [-0.2, 0) is 12.8 Å². The molecule has 0 unspecified atom stereocenters. The molecule has 0 bridgehead atoms. The number of rotatable bonds is 2. The second kappa shape index (κ2) is 4.72. The molecule has 0 N–H and O–H groups in total. The van der Waals surface area contributed by atoms with Gasteiger partial charge < -0.3 is 0 Å². The summed E-state index contributed by atoms with van der Waals surface area (Å²) < 4.78 is 13.0. The average molecular weight is 256 g/mol. The minimum atomic E-state index is -0.393. The number of nitrogens with zero attached hydrogens (tertiary/aromatic N) is 2. The molecule has 98 valence electrons. The molecule has 1 aromatic carbocycles. The maximum atomic E-state index is 13.0. The molecule has 0 spiro atoms. The largest absolute Gasteiger partial charge is 0.233 e. The Hall–Kier alpha value is -1.77. The monoisotopic (exact) mass is 256 g/mol. The number of hydrogen-bond acceptors (Lipinski definition) is 2. The number of halogens is 1. The van der Waals surface area contributed by atoms with Crippen LogP contribution in [0.4, 0.5) is 4.39 Å². The number of hydrogen-bond donors (Lipinski definition) is 0. The predicted molar refractivity (Wildman–Crippen MR) is 73.5 cm³/mol. The lowest BCUT2D eigenvalue weighted by molar-refractivity contribution is 0.614. The summed E-state index contributed by atoms with van der Waals surface area (Å²) in [6.45, 7) is 4.39. The lowest BCUT2D eigenvalue weighted by Crippen LogP contribution is -2.02. The molecule has 0 aliphatic heterocycles. The highest BCUT2D eigenvalue weighted by Gasteiger charge is 2.21. The topological polar surface area (TPSA) is 25.8 Å². The van der Waals surface area contributed by atoms with E-state index in [0.717, 1.165) is 12.0 Å². The highest BCUT2D eigenvalue weighted by atomic mass is 19.1. The van der Waals surface area contributed by atoms with Gasteiger partial charge in [0.05, 0.1) is 12.4 Å². The number of aromatic nitrogens is 2. The molecule has 0 atom stereocenters. The molecule has 19 heavy (non-hydrogen) atoms. The first kappa shape index (κ1) is 12.3. The molecule has 3 heteroatoms. The fourth-order valence-corrected chi connectivity index (χ4v) is 3.00. The maximum absolute atomic E-state index is 13.0. The van der Waals surface area contributed by atoms with Gasteiger partial charge in [0, 0.05) is 5.56 Å². The van der Waals surface area contributed by atoms with Gasteiger partial charge >= 0.3 is 0 Å². The van der Waals surface area contributed by atoms with E-state index < -0.39 is 5.82 Å². The summed E-state index contributed by atoms with van der Waals surface area (Å²) in [5, 5.41) is 0. The van der Waals surface area contributed by atoms with E-state index in [1.54, 1.807) is 0 Å². The number of aryl methyl sites for hydroxylation is 1. The van der Waals surface area contributed by atoms with Crippen LogP contribution in [0.1, 0.15) is 42.9 Å². The van der Waals surface area contributed by atoms with Crippen molar-refractivity contribution in [3.63, 3.8) is 0 Å². The van der Waals surface area contributed by atoms with E-state index in [1.165, 1.54) is 41.9 Å². The van der Waals surface area contributed by atoms with Crippen LogP contribution in [0.5, 0.6) is 0 Å². The van der Waals surface area contributed by atoms with Gasteiger partial charge in [0.25, 0.3) is 0 Å². The lowest BCUT2D eigenvalue weighted by atomic mass is 9.89. The van der Waals surface area contributed by atoms with Gasteiger partial charge in [0.1, 0.15) is 0 Å². The highest BCUT2D eigenvalue weighted by molar-refractivity contribution is 5.65. The smallest absolute Gasteiger partial charge is 0.159 e. The lowest BCUT2D eigenvalue weighted by Gasteiger charge is -2.17. The Morgan fingerprint density at radius 2 is 1.84 bits per heavy atom. The van der Waals surface area contributed by atoms with Crippen LogP contribution in [0.15, 0.2) is 24.5 Å². The molecule has 2 nitrogen and oxygen atoms in total. The van der Waals surface area contributed by atoms with Gasteiger partial charge in [-0.25, -0.2) is 14.4 Å². The van der Waals surface area contributed by atoms with Crippen molar-refractivity contribution in [1.82, 2.24) is 9.97 Å². The van der Waals surface area contributed by atoms with E-state index in [2.05, 4.69) is 35.9 Å². The Labute approximate surface area is 112 Å². The molecule has 1 aliphatic rings. The summed E-state index contributed by atoms with van der Waals surface area (Å²) in [6.07, 6.45) is 6.00. The van der Waals surface area contributed by atoms with Gasteiger partial charge in [0.2, 0.25) is 0 Å². The van der Waals surface area contributed by atoms with Crippen molar-refractivity contribution in [1.29, 1.82) is 0 Å². The van der Waals surface area contributed by atoms with Crippen molar-refractivity contribution >= 4 is 0 Å². The Morgan fingerprint density at radius 1 is 1.11 bits per heavy atom. The first-order valence-corrected chi connectivity index (χ1v) is 6.79. The van der Waals surface area contributed by atoms with E-state index in [-0.39, 0.29) is 0 Å². The van der Waals surface area contributed by atoms with Gasteiger partial charge in [-0.1, -0.05) is 26.0 Å². The molecule has 0 radical (unpaired) electrons. The summed E-state index contributed by atoms with van der Waals surface area (Å²) in [4.78, 5) is 8.26. The quantitative estimate of drug-likeness (QED) is 0.814. The van der Waals surface area contributed by atoms with Crippen molar-refractivity contribution in [3.05, 3.63) is 47.0 Å². The standard InChI is InChI=1S/C16H17FN2/c1-10(2)15-13-5-3-4-11(13)6-7-14(15)16-18-8-12(17)9-19-16/h6-10H,3-5H2,1-2H3. The molecular weight excluding hydrogens is 239 g/mol. The number of benzene rings is 1. The third kappa shape index (κ3) is 2.14. The van der Waals surface area contributed by atoms with Gasteiger partial charge in [-0.15, -0.1) is 0 Å². The third-order valence-corrected chi connectivity index (χ3v) is 3.77. The van der Waals surface area contributed by atoms with E-state index in [1.807, 2.05) is 0 Å². The summed E-state index contributed by atoms with van der Waals surface area (Å²) >= 11 is 0. The Kier molecular flexibility index (Phi) is 3.05. The molecule has 0 amide bonds. The van der Waals surface area contributed by atoms with Crippen LogP contribution in [0.2, 0.25) is 0 Å². The first-order chi connectivity index (χ1) is 9.16. The van der Waals surface area contributed by atoms with Crippen molar-refractivity contribution in [2.75, 3.05) is 0 Å². The Balaban J connectivity index is 2.18. The van der Waals surface area contributed by atoms with Crippen LogP contribution in [-0.4, -0.2) is 9.97 Å². The Bertz CT molecular complexity index is 603. The van der Waals surface area contributed by atoms with Crippen LogP contribution >= 0.6 is 0 Å². The summed E-state index contributed by atoms with van der Waals surface area (Å²) in [6, 6.07) is 4.27. The molecule has 2 aromatic rings. The molecule has 0 saturated heterocycles. The van der Waals surface area contributed by atoms with Crippen molar-refractivity contribution in [2.45, 2.75) is 39.0 Å².